The molecule has 37 heavy (non-hydrogen) atoms. The van der Waals surface area contributed by atoms with Gasteiger partial charge in [-0.25, -0.2) is 4.79 Å². The van der Waals surface area contributed by atoms with E-state index in [0.29, 0.717) is 24.2 Å². The van der Waals surface area contributed by atoms with Crippen LogP contribution in [0.25, 0.3) is 0 Å². The van der Waals surface area contributed by atoms with Crippen LogP contribution in [0.5, 0.6) is 5.75 Å². The molecule has 1 aromatic heterocycles. The number of nitrogens with two attached hydrogens (primary N) is 1. The van der Waals surface area contributed by atoms with Crippen LogP contribution in [0.4, 0.5) is 19.0 Å². The molecule has 1 saturated heterocycles. The van der Waals surface area contributed by atoms with Gasteiger partial charge < -0.3 is 20.5 Å². The largest absolute Gasteiger partial charge is 0.567 e. The zero-order chi connectivity index (χ0) is 27.2. The second-order valence-corrected chi connectivity index (χ2v) is 8.99. The Kier molecular flexibility index (Phi) is 9.08. The highest BCUT2D eigenvalue weighted by Gasteiger charge is 2.38. The molecular formula is C21H23F3N4O8P+. The second kappa shape index (κ2) is 11.9. The van der Waals surface area contributed by atoms with Crippen molar-refractivity contribution in [2.24, 2.45) is 0 Å². The molecule has 16 heteroatoms. The fraction of sp³-hybridized carbons (Fsp3) is 0.381. The fourth-order valence-electron chi connectivity index (χ4n) is 3.19. The first-order valence-electron chi connectivity index (χ1n) is 10.7. The van der Waals surface area contributed by atoms with Gasteiger partial charge in [0.15, 0.2) is 0 Å². The molecule has 0 radical (unpaired) electrons. The molecule has 2 heterocycles. The Morgan fingerprint density at radius 3 is 2.59 bits per heavy atom. The van der Waals surface area contributed by atoms with Gasteiger partial charge in [-0.1, -0.05) is 11.8 Å². The van der Waals surface area contributed by atoms with Crippen LogP contribution in [0.2, 0.25) is 0 Å². The quantitative estimate of drug-likeness (QED) is 0.179. The molecule has 2 atom stereocenters. The van der Waals surface area contributed by atoms with E-state index in [9.17, 15) is 22.8 Å². The van der Waals surface area contributed by atoms with Gasteiger partial charge in [0.2, 0.25) is 0 Å². The molecule has 2 unspecified atom stereocenters. The van der Waals surface area contributed by atoms with Gasteiger partial charge in [-0.3, -0.25) is 9.36 Å². The number of alkyl halides is 3. The van der Waals surface area contributed by atoms with Gasteiger partial charge in [0, 0.05) is 11.8 Å². The van der Waals surface area contributed by atoms with Crippen LogP contribution in [-0.2, 0) is 14.1 Å². The highest BCUT2D eigenvalue weighted by atomic mass is 31.2. The number of carbonyl (C=O) groups excluding carboxylic acids is 1. The molecular weight excluding hydrogens is 524 g/mol. The van der Waals surface area contributed by atoms with Crippen LogP contribution in [0, 0.1) is 11.8 Å². The van der Waals surface area contributed by atoms with Crippen LogP contribution >= 0.6 is 8.17 Å². The predicted octanol–water partition coefficient (Wildman–Crippen LogP) is 0.631. The van der Waals surface area contributed by atoms with Crippen molar-refractivity contribution in [1.82, 2.24) is 14.9 Å². The molecule has 1 aliphatic rings. The van der Waals surface area contributed by atoms with Crippen molar-refractivity contribution in [3.05, 3.63) is 52.1 Å². The molecule has 1 aromatic carbocycles. The number of nitrogen functional groups attached to an aromatic ring is 1. The summed E-state index contributed by atoms with van der Waals surface area (Å²) < 4.78 is 53.1. The third-order valence-electron chi connectivity index (χ3n) is 4.92. The number of aromatic nitrogens is 2. The number of nitrogens with one attached hydrogen (secondary N) is 1. The minimum Gasteiger partial charge on any atom is -0.492 e. The maximum absolute atomic E-state index is 12.3. The molecule has 2 aromatic rings. The minimum atomic E-state index is -4.95. The van der Waals surface area contributed by atoms with Crippen molar-refractivity contribution in [3.63, 3.8) is 0 Å². The zero-order valence-electron chi connectivity index (χ0n) is 19.0. The van der Waals surface area contributed by atoms with Gasteiger partial charge in [0.25, 0.3) is 0 Å². The van der Waals surface area contributed by atoms with Crippen molar-refractivity contribution < 1.29 is 46.6 Å². The van der Waals surface area contributed by atoms with E-state index >= 15 is 0 Å². The Hall–Kier alpha value is -3.25. The summed E-state index contributed by atoms with van der Waals surface area (Å²) in [6.07, 6.45) is -4.07. The van der Waals surface area contributed by atoms with Crippen LogP contribution in [0.15, 0.2) is 35.3 Å². The third-order valence-corrected chi connectivity index (χ3v) is 5.42. The molecule has 0 aliphatic carbocycles. The average Bonchev–Trinajstić information content (AvgIpc) is 3.28. The molecule has 12 nitrogen and oxygen atoms in total. The fourth-order valence-corrected chi connectivity index (χ4v) is 3.56. The average molecular weight is 547 g/mol. The van der Waals surface area contributed by atoms with Crippen LogP contribution < -0.4 is 21.5 Å². The molecule has 6 N–H and O–H groups in total. The minimum absolute atomic E-state index is 0.0945. The van der Waals surface area contributed by atoms with Gasteiger partial charge in [-0.05, 0) is 37.1 Å². The van der Waals surface area contributed by atoms with Gasteiger partial charge in [-0.2, -0.15) is 37.4 Å². The smallest absolute Gasteiger partial charge is 0.492 e. The molecule has 0 saturated carbocycles. The molecule has 0 bridgehead atoms. The first-order valence-corrected chi connectivity index (χ1v) is 12.2. The van der Waals surface area contributed by atoms with Crippen LogP contribution in [0.3, 0.4) is 0 Å². The lowest BCUT2D eigenvalue weighted by atomic mass is 10.2. The number of carbonyl (C=O) groups is 1. The molecule has 1 fully saturated rings. The van der Waals surface area contributed by atoms with Crippen molar-refractivity contribution >= 4 is 19.9 Å². The summed E-state index contributed by atoms with van der Waals surface area (Å²) in [6, 6.07) is 6.25. The van der Waals surface area contributed by atoms with E-state index in [1.165, 1.54) is 22.9 Å². The molecule has 1 amide bonds. The van der Waals surface area contributed by atoms with E-state index in [2.05, 4.69) is 21.3 Å². The summed E-state index contributed by atoms with van der Waals surface area (Å²) in [6.45, 7) is -0.776. The zero-order valence-corrected chi connectivity index (χ0v) is 19.9. The van der Waals surface area contributed by atoms with Gasteiger partial charge in [0.1, 0.15) is 31.0 Å². The molecule has 0 spiro atoms. The molecule has 200 valence electrons. The highest BCUT2D eigenvalue weighted by molar-refractivity contribution is 7.53. The number of amides is 1. The summed E-state index contributed by atoms with van der Waals surface area (Å²) in [5.41, 5.74) is 5.94. The third kappa shape index (κ3) is 8.67. The summed E-state index contributed by atoms with van der Waals surface area (Å²) in [4.78, 5) is 53.6. The van der Waals surface area contributed by atoms with Crippen LogP contribution in [0.1, 0.15) is 30.2 Å². The number of hydrogen-bond donors (Lipinski definition) is 5. The standard InChI is InChI=1S/C21H22F3N4O8P/c22-21(23,24)19(29)26-9-10-34-15-5-2-13(3-6-15)1-4-14-11-28(20(30)27-18(14)25)17-8-7-16(36-17)12-35-37(31,32)33/h2-3,5-6,11,16-17,31-33H,7-10,12H2,(H2-,25,26,27,29,30)/p+1. The number of benzene rings is 1. The van der Waals surface area contributed by atoms with E-state index in [0.717, 1.165) is 0 Å². The van der Waals surface area contributed by atoms with Crippen molar-refractivity contribution in [2.45, 2.75) is 31.3 Å². The Balaban J connectivity index is 1.60. The molecule has 3 rings (SSSR count). The normalized spacial score (nSPS) is 17.7. The van der Waals surface area contributed by atoms with E-state index in [1.807, 2.05) is 0 Å². The van der Waals surface area contributed by atoms with E-state index in [4.69, 9.17) is 29.9 Å². The Bertz CT molecular complexity index is 1220. The van der Waals surface area contributed by atoms with E-state index in [-0.39, 0.29) is 31.1 Å². The lowest BCUT2D eigenvalue weighted by Crippen LogP contribution is -2.38. The monoisotopic (exact) mass is 547 g/mol. The van der Waals surface area contributed by atoms with E-state index < -0.39 is 38.3 Å². The lowest BCUT2D eigenvalue weighted by Gasteiger charge is -2.16. The van der Waals surface area contributed by atoms with E-state index in [1.54, 1.807) is 17.4 Å². The van der Waals surface area contributed by atoms with Crippen molar-refractivity contribution in [3.8, 4) is 17.6 Å². The van der Waals surface area contributed by atoms with Crippen molar-refractivity contribution in [1.29, 1.82) is 0 Å². The first-order chi connectivity index (χ1) is 17.3. The Morgan fingerprint density at radius 1 is 1.24 bits per heavy atom. The predicted molar refractivity (Wildman–Crippen MR) is 123 cm³/mol. The summed E-state index contributed by atoms with van der Waals surface area (Å²) >= 11 is 0. The topological polar surface area (TPSA) is 178 Å². The maximum atomic E-state index is 12.3. The number of rotatable bonds is 8. The van der Waals surface area contributed by atoms with Gasteiger partial charge >= 0.3 is 25.9 Å². The number of anilines is 1. The summed E-state index contributed by atoms with van der Waals surface area (Å²) in [7, 11) is -4.40. The Labute approximate surface area is 208 Å². The molecule has 1 aliphatic heterocycles. The van der Waals surface area contributed by atoms with Gasteiger partial charge in [0.05, 0.1) is 18.2 Å². The first kappa shape index (κ1) is 28.3. The second-order valence-electron chi connectivity index (χ2n) is 7.71. The highest BCUT2D eigenvalue weighted by Crippen LogP contribution is 2.46. The summed E-state index contributed by atoms with van der Waals surface area (Å²) in [5, 5.41) is 1.69. The van der Waals surface area contributed by atoms with Crippen LogP contribution in [-0.4, -0.2) is 62.2 Å². The summed E-state index contributed by atoms with van der Waals surface area (Å²) in [5.74, 6) is 3.87. The van der Waals surface area contributed by atoms with Crippen molar-refractivity contribution in [2.75, 3.05) is 25.5 Å². The number of hydrogen-bond acceptors (Lipinski definition) is 10. The number of ether oxygens (including phenoxy) is 2. The Morgan fingerprint density at radius 2 is 1.95 bits per heavy atom. The number of halogens is 3. The SMILES string of the molecule is Nc1nc(=O)n(C2CCC(CO[P+](O)(O)O)O2)cc1C#Cc1ccc(OCCNC(=O)C(F)(F)F)cc1. The van der Waals surface area contributed by atoms with Gasteiger partial charge in [-0.15, -0.1) is 0 Å². The maximum Gasteiger partial charge on any atom is 0.567 e. The number of nitrogens with zero attached hydrogens (tertiary/aromatic N) is 2. The lowest BCUT2D eigenvalue weighted by molar-refractivity contribution is -0.173.